The van der Waals surface area contributed by atoms with Crippen LogP contribution in [0.5, 0.6) is 0 Å². The maximum atomic E-state index is 12.7. The van der Waals surface area contributed by atoms with Crippen LogP contribution in [0.15, 0.2) is 48.5 Å². The van der Waals surface area contributed by atoms with Crippen molar-refractivity contribution in [2.75, 3.05) is 12.4 Å². The van der Waals surface area contributed by atoms with Gasteiger partial charge < -0.3 is 10.1 Å². The highest BCUT2D eigenvalue weighted by Gasteiger charge is 2.21. The fourth-order valence-electron chi connectivity index (χ4n) is 2.51. The fraction of sp³-hybridized carbons (Fsp3) is 0.263. The van der Waals surface area contributed by atoms with Crippen molar-refractivity contribution in [2.24, 2.45) is 0 Å². The van der Waals surface area contributed by atoms with Gasteiger partial charge in [0.2, 0.25) is 5.91 Å². The lowest BCUT2D eigenvalue weighted by molar-refractivity contribution is -0.117. The maximum absolute atomic E-state index is 12.7. The number of carbonyl (C=O) groups excluding carboxylic acids is 2. The number of hydrogen-bond donors (Lipinski definition) is 1. The molecule has 0 bridgehead atoms. The Balaban J connectivity index is 2.25. The first-order chi connectivity index (χ1) is 11.6. The van der Waals surface area contributed by atoms with Gasteiger partial charge in [-0.3, -0.25) is 4.79 Å². The van der Waals surface area contributed by atoms with E-state index in [0.29, 0.717) is 16.3 Å². The van der Waals surface area contributed by atoms with Crippen LogP contribution in [0, 0.1) is 0 Å². The van der Waals surface area contributed by atoms with E-state index in [2.05, 4.69) is 5.32 Å². The van der Waals surface area contributed by atoms with E-state index in [9.17, 15) is 9.59 Å². The van der Waals surface area contributed by atoms with Crippen molar-refractivity contribution >= 4 is 29.2 Å². The van der Waals surface area contributed by atoms with E-state index >= 15 is 0 Å². The van der Waals surface area contributed by atoms with Crippen molar-refractivity contribution in [3.05, 3.63) is 64.7 Å². The molecule has 0 aliphatic rings. The number of nitrogens with one attached hydrogen (secondary N) is 1. The number of anilines is 1. The number of benzene rings is 2. The zero-order valence-corrected chi connectivity index (χ0v) is 14.5. The standard InChI is InChI=1S/C19H20ClNO3/c1-3-7-15(13-8-5-4-6-9-13)18(22)21-17-12-14(19(23)24-2)10-11-16(17)20/h4-6,8-12,15H,3,7H2,1-2H3,(H,21,22). The lowest BCUT2D eigenvalue weighted by Crippen LogP contribution is -2.21. The smallest absolute Gasteiger partial charge is 0.337 e. The summed E-state index contributed by atoms with van der Waals surface area (Å²) in [6, 6.07) is 14.3. The first-order valence-corrected chi connectivity index (χ1v) is 8.18. The second-order valence-corrected chi connectivity index (χ2v) is 5.83. The molecule has 4 nitrogen and oxygen atoms in total. The SMILES string of the molecule is CCCC(C(=O)Nc1cc(C(=O)OC)ccc1Cl)c1ccccc1. The van der Waals surface area contributed by atoms with Crippen LogP contribution in [0.4, 0.5) is 5.69 Å². The minimum Gasteiger partial charge on any atom is -0.465 e. The number of carbonyl (C=O) groups is 2. The Kier molecular flexibility index (Phi) is 6.38. The largest absolute Gasteiger partial charge is 0.465 e. The van der Waals surface area contributed by atoms with E-state index in [1.165, 1.54) is 13.2 Å². The molecule has 1 atom stereocenters. The second-order valence-electron chi connectivity index (χ2n) is 5.43. The Morgan fingerprint density at radius 1 is 1.17 bits per heavy atom. The van der Waals surface area contributed by atoms with Crippen molar-refractivity contribution in [2.45, 2.75) is 25.7 Å². The molecule has 0 aliphatic heterocycles. The van der Waals surface area contributed by atoms with Gasteiger partial charge in [-0.05, 0) is 30.2 Å². The zero-order chi connectivity index (χ0) is 17.5. The van der Waals surface area contributed by atoms with E-state index in [4.69, 9.17) is 16.3 Å². The minimum absolute atomic E-state index is 0.146. The van der Waals surface area contributed by atoms with Crippen LogP contribution in [0.3, 0.4) is 0 Å². The van der Waals surface area contributed by atoms with Gasteiger partial charge in [0.05, 0.1) is 29.3 Å². The molecule has 2 aromatic rings. The van der Waals surface area contributed by atoms with Crippen molar-refractivity contribution in [1.82, 2.24) is 0 Å². The molecule has 1 unspecified atom stereocenters. The first kappa shape index (κ1) is 18.0. The molecule has 0 saturated heterocycles. The number of hydrogen-bond acceptors (Lipinski definition) is 3. The average Bonchev–Trinajstić information content (AvgIpc) is 2.61. The predicted molar refractivity (Wildman–Crippen MR) is 95.5 cm³/mol. The van der Waals surface area contributed by atoms with E-state index in [1.807, 2.05) is 37.3 Å². The molecule has 0 spiro atoms. The van der Waals surface area contributed by atoms with Crippen LogP contribution in [0.25, 0.3) is 0 Å². The molecule has 2 rings (SSSR count). The summed E-state index contributed by atoms with van der Waals surface area (Å²) >= 11 is 6.15. The highest BCUT2D eigenvalue weighted by Crippen LogP contribution is 2.27. The average molecular weight is 346 g/mol. The summed E-state index contributed by atoms with van der Waals surface area (Å²) in [6.45, 7) is 2.04. The highest BCUT2D eigenvalue weighted by atomic mass is 35.5. The van der Waals surface area contributed by atoms with Crippen LogP contribution in [0.2, 0.25) is 5.02 Å². The number of ether oxygens (including phenoxy) is 1. The molecule has 0 heterocycles. The lowest BCUT2D eigenvalue weighted by atomic mass is 9.93. The van der Waals surface area contributed by atoms with Crippen LogP contribution < -0.4 is 5.32 Å². The van der Waals surface area contributed by atoms with Crippen LogP contribution >= 0.6 is 11.6 Å². The number of halogens is 1. The van der Waals surface area contributed by atoms with Crippen molar-refractivity contribution in [1.29, 1.82) is 0 Å². The quantitative estimate of drug-likeness (QED) is 0.775. The van der Waals surface area contributed by atoms with Crippen molar-refractivity contribution in [3.63, 3.8) is 0 Å². The molecule has 0 aliphatic carbocycles. The number of amides is 1. The zero-order valence-electron chi connectivity index (χ0n) is 13.7. The molecule has 5 heteroatoms. The van der Waals surface area contributed by atoms with Crippen LogP contribution in [-0.4, -0.2) is 19.0 Å². The lowest BCUT2D eigenvalue weighted by Gasteiger charge is -2.17. The summed E-state index contributed by atoms with van der Waals surface area (Å²) in [4.78, 5) is 24.4. The van der Waals surface area contributed by atoms with E-state index in [1.54, 1.807) is 12.1 Å². The third kappa shape index (κ3) is 4.36. The third-order valence-electron chi connectivity index (χ3n) is 3.74. The molecule has 1 amide bonds. The molecule has 0 radical (unpaired) electrons. The fourth-order valence-corrected chi connectivity index (χ4v) is 2.67. The summed E-state index contributed by atoms with van der Waals surface area (Å²) in [6.07, 6.45) is 1.60. The number of rotatable bonds is 6. The number of esters is 1. The van der Waals surface area contributed by atoms with E-state index in [0.717, 1.165) is 18.4 Å². The molecule has 126 valence electrons. The van der Waals surface area contributed by atoms with Gasteiger partial charge >= 0.3 is 5.97 Å². The summed E-state index contributed by atoms with van der Waals surface area (Å²) in [5.74, 6) is -0.892. The van der Waals surface area contributed by atoms with Gasteiger partial charge in [0.1, 0.15) is 0 Å². The van der Waals surface area contributed by atoms with Gasteiger partial charge in [0.15, 0.2) is 0 Å². The van der Waals surface area contributed by atoms with Crippen molar-refractivity contribution in [3.8, 4) is 0 Å². The maximum Gasteiger partial charge on any atom is 0.337 e. The Labute approximate surface area is 146 Å². The van der Waals surface area contributed by atoms with E-state index < -0.39 is 5.97 Å². The second kappa shape index (κ2) is 8.50. The normalized spacial score (nSPS) is 11.6. The number of methoxy groups -OCH3 is 1. The molecule has 24 heavy (non-hydrogen) atoms. The third-order valence-corrected chi connectivity index (χ3v) is 4.07. The first-order valence-electron chi connectivity index (χ1n) is 7.80. The Hall–Kier alpha value is -2.33. The topological polar surface area (TPSA) is 55.4 Å². The molecule has 2 aromatic carbocycles. The van der Waals surface area contributed by atoms with Gasteiger partial charge in [-0.1, -0.05) is 55.3 Å². The molecule has 0 saturated carbocycles. The molecule has 0 aromatic heterocycles. The van der Waals surface area contributed by atoms with Gasteiger partial charge in [-0.25, -0.2) is 4.79 Å². The van der Waals surface area contributed by atoms with Gasteiger partial charge in [0.25, 0.3) is 0 Å². The van der Waals surface area contributed by atoms with Crippen molar-refractivity contribution < 1.29 is 14.3 Å². The predicted octanol–water partition coefficient (Wildman–Crippen LogP) is 4.65. The molecule has 1 N–H and O–H groups in total. The Bertz CT molecular complexity index is 716. The molecule has 0 fully saturated rings. The van der Waals surface area contributed by atoms with Crippen LogP contribution in [0.1, 0.15) is 41.6 Å². The van der Waals surface area contributed by atoms with Gasteiger partial charge in [0, 0.05) is 0 Å². The Morgan fingerprint density at radius 3 is 2.50 bits per heavy atom. The monoisotopic (exact) mass is 345 g/mol. The summed E-state index contributed by atoms with van der Waals surface area (Å²) in [5, 5.41) is 3.21. The van der Waals surface area contributed by atoms with Gasteiger partial charge in [-0.2, -0.15) is 0 Å². The summed E-state index contributed by atoms with van der Waals surface area (Å²) in [7, 11) is 1.31. The highest BCUT2D eigenvalue weighted by molar-refractivity contribution is 6.34. The van der Waals surface area contributed by atoms with E-state index in [-0.39, 0.29) is 11.8 Å². The minimum atomic E-state index is -0.477. The van der Waals surface area contributed by atoms with Crippen LogP contribution in [-0.2, 0) is 9.53 Å². The summed E-state index contributed by atoms with van der Waals surface area (Å²) in [5.41, 5.74) is 1.70. The van der Waals surface area contributed by atoms with Gasteiger partial charge in [-0.15, -0.1) is 0 Å². The molecular weight excluding hydrogens is 326 g/mol. The molecular formula is C19H20ClNO3. The Morgan fingerprint density at radius 2 is 1.88 bits per heavy atom. The summed E-state index contributed by atoms with van der Waals surface area (Å²) < 4.78 is 4.70.